The standard InChI is InChI=1S/C10H6Cl2/c11-8-2-1-3-9-7(6-8)4-5-10(9)12/h1-6H. The Morgan fingerprint density at radius 1 is 0.917 bits per heavy atom. The van der Waals surface area contributed by atoms with Gasteiger partial charge in [-0.05, 0) is 23.8 Å². The summed E-state index contributed by atoms with van der Waals surface area (Å²) in [4.78, 5) is 0. The van der Waals surface area contributed by atoms with Crippen molar-refractivity contribution in [1.29, 1.82) is 0 Å². The highest BCUT2D eigenvalue weighted by Crippen LogP contribution is 2.32. The van der Waals surface area contributed by atoms with Crippen molar-refractivity contribution in [3.63, 3.8) is 0 Å². The largest absolute Gasteiger partial charge is 0.0843 e. The van der Waals surface area contributed by atoms with Crippen LogP contribution < -0.4 is 0 Å². The molecule has 0 bridgehead atoms. The fourth-order valence-corrected chi connectivity index (χ4v) is 1.64. The van der Waals surface area contributed by atoms with Crippen molar-refractivity contribution >= 4 is 23.2 Å². The van der Waals surface area contributed by atoms with Crippen LogP contribution in [-0.2, 0) is 0 Å². The van der Waals surface area contributed by atoms with Crippen LogP contribution in [0.25, 0.3) is 11.1 Å². The van der Waals surface area contributed by atoms with E-state index in [9.17, 15) is 0 Å². The lowest BCUT2D eigenvalue weighted by molar-refractivity contribution is 1.84. The van der Waals surface area contributed by atoms with E-state index < -0.39 is 0 Å². The fraction of sp³-hybridized carbons (Fsp3) is 0. The zero-order chi connectivity index (χ0) is 8.55. The third-order valence-corrected chi connectivity index (χ3v) is 2.35. The van der Waals surface area contributed by atoms with E-state index in [1.54, 1.807) is 0 Å². The second-order valence-electron chi connectivity index (χ2n) is 2.61. The lowest BCUT2D eigenvalue weighted by atomic mass is 10.2. The van der Waals surface area contributed by atoms with Gasteiger partial charge in [-0.25, -0.2) is 0 Å². The summed E-state index contributed by atoms with van der Waals surface area (Å²) in [5, 5.41) is 1.50. The number of hydrogen-bond donors (Lipinski definition) is 0. The van der Waals surface area contributed by atoms with Crippen molar-refractivity contribution in [3.05, 3.63) is 46.4 Å². The van der Waals surface area contributed by atoms with Crippen LogP contribution in [0.2, 0.25) is 10.0 Å². The Morgan fingerprint density at radius 2 is 1.75 bits per heavy atom. The molecular weight excluding hydrogens is 191 g/mol. The SMILES string of the molecule is Clc1cccc2c(Cl)ccc-2c1. The van der Waals surface area contributed by atoms with Crippen molar-refractivity contribution < 1.29 is 0 Å². The topological polar surface area (TPSA) is 0 Å². The van der Waals surface area contributed by atoms with E-state index in [1.165, 1.54) is 0 Å². The molecule has 2 aliphatic rings. The van der Waals surface area contributed by atoms with Crippen LogP contribution in [0.1, 0.15) is 0 Å². The normalized spacial score (nSPS) is 10.5. The minimum atomic E-state index is 0.729. The molecule has 0 atom stereocenters. The summed E-state index contributed by atoms with van der Waals surface area (Å²) >= 11 is 11.8. The van der Waals surface area contributed by atoms with Gasteiger partial charge in [-0.1, -0.05) is 41.4 Å². The molecule has 0 aromatic rings. The predicted molar refractivity (Wildman–Crippen MR) is 53.1 cm³/mol. The third kappa shape index (κ3) is 1.28. The summed E-state index contributed by atoms with van der Waals surface area (Å²) < 4.78 is 0. The lowest BCUT2D eigenvalue weighted by Gasteiger charge is -1.90. The Morgan fingerprint density at radius 3 is 2.58 bits per heavy atom. The zero-order valence-corrected chi connectivity index (χ0v) is 7.73. The highest BCUT2D eigenvalue weighted by Gasteiger charge is 2.05. The molecule has 0 aromatic heterocycles. The Kier molecular flexibility index (Phi) is 1.95. The van der Waals surface area contributed by atoms with Crippen LogP contribution in [0.4, 0.5) is 0 Å². The molecule has 0 heterocycles. The minimum Gasteiger partial charge on any atom is -0.0843 e. The molecular formula is C10H6Cl2. The van der Waals surface area contributed by atoms with Gasteiger partial charge in [0.1, 0.15) is 0 Å². The van der Waals surface area contributed by atoms with Gasteiger partial charge < -0.3 is 0 Å². The Labute approximate surface area is 81.1 Å². The maximum absolute atomic E-state index is 5.94. The molecule has 0 saturated heterocycles. The molecule has 12 heavy (non-hydrogen) atoms. The summed E-state index contributed by atoms with van der Waals surface area (Å²) in [5.41, 5.74) is 2.12. The molecule has 0 saturated carbocycles. The molecule has 0 amide bonds. The molecule has 0 aliphatic heterocycles. The van der Waals surface area contributed by atoms with Gasteiger partial charge in [0.2, 0.25) is 0 Å². The first-order valence-electron chi connectivity index (χ1n) is 3.61. The smallest absolute Gasteiger partial charge is 0.0484 e. The molecule has 0 fully saturated rings. The van der Waals surface area contributed by atoms with Crippen molar-refractivity contribution in [2.45, 2.75) is 0 Å². The van der Waals surface area contributed by atoms with Gasteiger partial charge in [-0.3, -0.25) is 0 Å². The van der Waals surface area contributed by atoms with Gasteiger partial charge in [-0.15, -0.1) is 0 Å². The predicted octanol–water partition coefficient (Wildman–Crippen LogP) is 4.10. The van der Waals surface area contributed by atoms with Gasteiger partial charge in [0, 0.05) is 15.6 Å². The summed E-state index contributed by atoms with van der Waals surface area (Å²) in [6.45, 7) is 0. The van der Waals surface area contributed by atoms with E-state index in [2.05, 4.69) is 0 Å². The van der Waals surface area contributed by atoms with E-state index in [-0.39, 0.29) is 0 Å². The zero-order valence-electron chi connectivity index (χ0n) is 6.22. The van der Waals surface area contributed by atoms with Crippen LogP contribution in [0.15, 0.2) is 36.4 Å². The minimum absolute atomic E-state index is 0.729. The quantitative estimate of drug-likeness (QED) is 0.596. The second kappa shape index (κ2) is 2.96. The van der Waals surface area contributed by atoms with Crippen molar-refractivity contribution in [2.75, 3.05) is 0 Å². The summed E-state index contributed by atoms with van der Waals surface area (Å²) in [6, 6.07) is 11.5. The van der Waals surface area contributed by atoms with E-state index in [0.29, 0.717) is 0 Å². The molecule has 60 valence electrons. The van der Waals surface area contributed by atoms with Gasteiger partial charge in [0.15, 0.2) is 0 Å². The first-order valence-corrected chi connectivity index (χ1v) is 4.37. The van der Waals surface area contributed by atoms with Gasteiger partial charge in [-0.2, -0.15) is 0 Å². The second-order valence-corrected chi connectivity index (χ2v) is 3.45. The van der Waals surface area contributed by atoms with Crippen LogP contribution >= 0.6 is 23.2 Å². The Hall–Kier alpha value is -0.720. The maximum Gasteiger partial charge on any atom is 0.0484 e. The van der Waals surface area contributed by atoms with Crippen LogP contribution in [0.5, 0.6) is 0 Å². The van der Waals surface area contributed by atoms with Gasteiger partial charge in [0.05, 0.1) is 0 Å². The summed E-state index contributed by atoms with van der Waals surface area (Å²) in [5.74, 6) is 0. The van der Waals surface area contributed by atoms with E-state index in [1.807, 2.05) is 36.4 Å². The van der Waals surface area contributed by atoms with Gasteiger partial charge in [0.25, 0.3) is 0 Å². The average molecular weight is 197 g/mol. The maximum atomic E-state index is 5.94. The fourth-order valence-electron chi connectivity index (χ4n) is 1.22. The molecule has 0 radical (unpaired) electrons. The Bertz CT molecular complexity index is 382. The molecule has 0 nitrogen and oxygen atoms in total. The highest BCUT2D eigenvalue weighted by atomic mass is 35.5. The molecule has 0 unspecified atom stereocenters. The van der Waals surface area contributed by atoms with Crippen LogP contribution in [-0.4, -0.2) is 0 Å². The lowest BCUT2D eigenvalue weighted by Crippen LogP contribution is -1.64. The van der Waals surface area contributed by atoms with E-state index in [4.69, 9.17) is 23.2 Å². The first-order chi connectivity index (χ1) is 5.77. The Balaban J connectivity index is 2.74. The number of rotatable bonds is 0. The molecule has 0 N–H and O–H groups in total. The first kappa shape index (κ1) is 7.90. The number of halogens is 2. The highest BCUT2D eigenvalue weighted by molar-refractivity contribution is 6.34. The van der Waals surface area contributed by atoms with Gasteiger partial charge >= 0.3 is 0 Å². The van der Waals surface area contributed by atoms with E-state index >= 15 is 0 Å². The summed E-state index contributed by atoms with van der Waals surface area (Å²) in [6.07, 6.45) is 0. The molecule has 0 spiro atoms. The summed E-state index contributed by atoms with van der Waals surface area (Å²) in [7, 11) is 0. The van der Waals surface area contributed by atoms with Crippen LogP contribution in [0, 0.1) is 0 Å². The van der Waals surface area contributed by atoms with E-state index in [0.717, 1.165) is 21.2 Å². The number of hydrogen-bond acceptors (Lipinski definition) is 0. The van der Waals surface area contributed by atoms with Crippen molar-refractivity contribution in [1.82, 2.24) is 0 Å². The van der Waals surface area contributed by atoms with Crippen LogP contribution in [0.3, 0.4) is 0 Å². The third-order valence-electron chi connectivity index (χ3n) is 1.79. The van der Waals surface area contributed by atoms with Crippen molar-refractivity contribution in [2.24, 2.45) is 0 Å². The molecule has 2 aliphatic carbocycles. The molecule has 2 rings (SSSR count). The van der Waals surface area contributed by atoms with Crippen molar-refractivity contribution in [3.8, 4) is 11.1 Å². The molecule has 2 heteroatoms. The number of fused-ring (bicyclic) bond motifs is 1. The average Bonchev–Trinajstić information content (AvgIpc) is 2.31. The monoisotopic (exact) mass is 196 g/mol. The molecule has 0 aromatic carbocycles.